The predicted molar refractivity (Wildman–Crippen MR) is 209 cm³/mol. The Labute approximate surface area is 331 Å². The third-order valence-electron chi connectivity index (χ3n) is 10.5. The number of nitrogens with zero attached hydrogens (tertiary/aromatic N) is 3. The molecule has 14 heteroatoms. The van der Waals surface area contributed by atoms with Crippen LogP contribution in [0, 0.1) is 0 Å². The topological polar surface area (TPSA) is 173 Å². The fourth-order valence-electron chi connectivity index (χ4n) is 6.90. The normalized spacial score (nSPS) is 18.5. The molecule has 3 fully saturated rings. The molecular weight excluding hydrogens is 746 g/mol. The summed E-state index contributed by atoms with van der Waals surface area (Å²) in [4.78, 5) is 34.0. The quantitative estimate of drug-likeness (QED) is 0.0725. The maximum absolute atomic E-state index is 13.3. The van der Waals surface area contributed by atoms with Gasteiger partial charge in [-0.3, -0.25) is 14.6 Å². The lowest BCUT2D eigenvalue weighted by Gasteiger charge is -2.30. The van der Waals surface area contributed by atoms with E-state index in [1.807, 2.05) is 48.7 Å². The van der Waals surface area contributed by atoms with Crippen LogP contribution in [0.25, 0.3) is 11.1 Å². The van der Waals surface area contributed by atoms with E-state index in [9.17, 15) is 30.0 Å². The number of pyridine rings is 1. The Bertz CT molecular complexity index is 1760. The molecule has 2 aliphatic carbocycles. The zero-order valence-corrected chi connectivity index (χ0v) is 32.5. The average molecular weight is 798 g/mol. The van der Waals surface area contributed by atoms with Crippen molar-refractivity contribution in [1.82, 2.24) is 14.8 Å². The van der Waals surface area contributed by atoms with E-state index in [0.717, 1.165) is 77.2 Å². The van der Waals surface area contributed by atoms with Gasteiger partial charge in [-0.05, 0) is 98.6 Å². The molecule has 6 rings (SSSR count). The number of thioether (sulfide) groups is 1. The van der Waals surface area contributed by atoms with Crippen LogP contribution in [-0.2, 0) is 26.5 Å². The number of aromatic nitrogens is 1. The van der Waals surface area contributed by atoms with Gasteiger partial charge in [-0.2, -0.15) is 0 Å². The number of rotatable bonds is 22. The highest BCUT2D eigenvalue weighted by Crippen LogP contribution is 2.53. The summed E-state index contributed by atoms with van der Waals surface area (Å²) in [6.45, 7) is 1.16. The Morgan fingerprint density at radius 2 is 1.80 bits per heavy atom. The van der Waals surface area contributed by atoms with Crippen molar-refractivity contribution < 1.29 is 44.6 Å². The number of aliphatic hydroxyl groups excluding tert-OH is 5. The van der Waals surface area contributed by atoms with Crippen LogP contribution in [0.5, 0.6) is 5.75 Å². The van der Waals surface area contributed by atoms with E-state index in [1.54, 1.807) is 22.9 Å². The highest BCUT2D eigenvalue weighted by atomic mass is 35.5. The van der Waals surface area contributed by atoms with Crippen LogP contribution in [-0.4, -0.2) is 121 Å². The molecule has 2 saturated carbocycles. The highest BCUT2D eigenvalue weighted by molar-refractivity contribution is 7.99. The molecule has 0 unspecified atom stereocenters. The predicted octanol–water partition coefficient (Wildman–Crippen LogP) is 4.30. The lowest BCUT2D eigenvalue weighted by Crippen LogP contribution is -2.53. The van der Waals surface area contributed by atoms with Crippen LogP contribution < -0.4 is 4.74 Å². The number of unbranched alkanes of at least 4 members (excludes halogenated alkanes) is 1. The first-order valence-corrected chi connectivity index (χ1v) is 20.6. The molecule has 0 spiro atoms. The van der Waals surface area contributed by atoms with Gasteiger partial charge in [-0.25, -0.2) is 0 Å². The van der Waals surface area contributed by atoms with Crippen molar-refractivity contribution in [3.05, 3.63) is 77.1 Å². The molecule has 1 aliphatic heterocycles. The zero-order valence-electron chi connectivity index (χ0n) is 31.0. The van der Waals surface area contributed by atoms with Gasteiger partial charge < -0.3 is 44.8 Å². The number of likely N-dealkylation sites (tertiary alicyclic amines) is 1. The Morgan fingerprint density at radius 3 is 2.53 bits per heavy atom. The lowest BCUT2D eigenvalue weighted by molar-refractivity contribution is -0.158. The molecule has 55 heavy (non-hydrogen) atoms. The number of carbonyl (C=O) groups excluding carboxylic acids is 2. The standard InChI is InChI=1S/C41H52ClN3O9S/c42-33-13-12-29(23-27(33)26-53-41(15-16-41)32-24-43-17-14-30(32)31-7-1-2-8-35(31)54-28-10-11-28)55-22-4-3-18-45(21-6-20-44-19-5-9-36(44)48)40(52)39(51)38(50)37(49)34(47)25-46/h1-2,7-8,12-14,17,23-24,28,34,37-39,46-47,49-51H,3-6,9-11,15-16,18-22,25-26H2/t34-,37+,38-,39-/m0/s1. The largest absolute Gasteiger partial charge is 0.490 e. The Hall–Kier alpha value is -3.27. The fraction of sp³-hybridized carbons (Fsp3) is 0.537. The van der Waals surface area contributed by atoms with Crippen LogP contribution in [0.2, 0.25) is 5.02 Å². The molecule has 0 radical (unpaired) electrons. The molecule has 3 aromatic rings. The molecule has 5 N–H and O–H groups in total. The van der Waals surface area contributed by atoms with Crippen LogP contribution >= 0.6 is 23.4 Å². The van der Waals surface area contributed by atoms with Gasteiger partial charge in [0, 0.05) is 66.0 Å². The molecule has 2 aromatic carbocycles. The molecule has 1 aromatic heterocycles. The summed E-state index contributed by atoms with van der Waals surface area (Å²) in [5, 5.41) is 50.5. The molecule has 1 saturated heterocycles. The molecule has 2 amide bonds. The minimum Gasteiger partial charge on any atom is -0.490 e. The Morgan fingerprint density at radius 1 is 1.02 bits per heavy atom. The van der Waals surface area contributed by atoms with E-state index in [2.05, 4.69) is 11.1 Å². The van der Waals surface area contributed by atoms with E-state index in [1.165, 1.54) is 4.90 Å². The Balaban J connectivity index is 1.03. The number of amides is 2. The summed E-state index contributed by atoms with van der Waals surface area (Å²) in [6.07, 6.45) is 3.42. The minimum atomic E-state index is -2.00. The van der Waals surface area contributed by atoms with Gasteiger partial charge >= 0.3 is 0 Å². The summed E-state index contributed by atoms with van der Waals surface area (Å²) in [6, 6.07) is 16.1. The van der Waals surface area contributed by atoms with Gasteiger partial charge in [0.05, 0.1) is 24.9 Å². The summed E-state index contributed by atoms with van der Waals surface area (Å²) >= 11 is 8.32. The zero-order chi connectivity index (χ0) is 39.0. The molecular formula is C41H52ClN3O9S. The van der Waals surface area contributed by atoms with Crippen molar-refractivity contribution in [2.75, 3.05) is 38.5 Å². The SMILES string of the molecule is O=C1CCCN1CCCN(CCCCSc1ccc(Cl)c(COC2(c3cnccc3-c3ccccc3OC3CC3)CC2)c1)C(=O)[C@@H](O)[C@@H](O)[C@H](O)[C@@H](O)CO. The first-order chi connectivity index (χ1) is 26.6. The Kier molecular flexibility index (Phi) is 14.5. The fourth-order valence-corrected chi connectivity index (χ4v) is 8.04. The van der Waals surface area contributed by atoms with E-state index in [4.69, 9.17) is 26.2 Å². The average Bonchev–Trinajstić information content (AvgIpc) is 4.15. The van der Waals surface area contributed by atoms with Gasteiger partial charge in [0.2, 0.25) is 5.91 Å². The highest BCUT2D eigenvalue weighted by Gasteiger charge is 2.48. The molecule has 3 aliphatic rings. The van der Waals surface area contributed by atoms with Crippen LogP contribution in [0.3, 0.4) is 0 Å². The second-order valence-electron chi connectivity index (χ2n) is 14.7. The molecule has 298 valence electrons. The number of ether oxygens (including phenoxy) is 2. The van der Waals surface area contributed by atoms with Gasteiger partial charge in [0.25, 0.3) is 5.91 Å². The molecule has 2 heterocycles. The smallest absolute Gasteiger partial charge is 0.254 e. The van der Waals surface area contributed by atoms with E-state index >= 15 is 0 Å². The van der Waals surface area contributed by atoms with E-state index in [-0.39, 0.29) is 25.1 Å². The second-order valence-corrected chi connectivity index (χ2v) is 16.2. The summed E-state index contributed by atoms with van der Waals surface area (Å²) in [5.74, 6) is 0.905. The van der Waals surface area contributed by atoms with Crippen molar-refractivity contribution in [2.24, 2.45) is 0 Å². The third kappa shape index (κ3) is 10.8. The maximum Gasteiger partial charge on any atom is 0.254 e. The van der Waals surface area contributed by atoms with Crippen LogP contribution in [0.15, 0.2) is 65.8 Å². The number of halogens is 1. The van der Waals surface area contributed by atoms with Crippen LogP contribution in [0.4, 0.5) is 0 Å². The first-order valence-electron chi connectivity index (χ1n) is 19.3. The number of carbonyl (C=O) groups is 2. The lowest BCUT2D eigenvalue weighted by atomic mass is 9.96. The molecule has 0 bridgehead atoms. The van der Waals surface area contributed by atoms with Crippen molar-refractivity contribution in [2.45, 2.75) is 105 Å². The molecule has 12 nitrogen and oxygen atoms in total. The van der Waals surface area contributed by atoms with E-state index < -0.39 is 42.5 Å². The van der Waals surface area contributed by atoms with E-state index in [0.29, 0.717) is 44.0 Å². The van der Waals surface area contributed by atoms with Crippen molar-refractivity contribution in [3.63, 3.8) is 0 Å². The number of aliphatic hydroxyl groups is 5. The summed E-state index contributed by atoms with van der Waals surface area (Å²) in [7, 11) is 0. The monoisotopic (exact) mass is 797 g/mol. The van der Waals surface area contributed by atoms with Gasteiger partial charge in [-0.15, -0.1) is 11.8 Å². The number of hydrogen-bond donors (Lipinski definition) is 5. The van der Waals surface area contributed by atoms with Gasteiger partial charge in [-0.1, -0.05) is 29.8 Å². The van der Waals surface area contributed by atoms with Gasteiger partial charge in [0.1, 0.15) is 24.1 Å². The first kappa shape index (κ1) is 41.4. The van der Waals surface area contributed by atoms with Crippen molar-refractivity contribution in [1.29, 1.82) is 0 Å². The number of hydrogen-bond acceptors (Lipinski definition) is 11. The minimum absolute atomic E-state index is 0.0779. The van der Waals surface area contributed by atoms with Gasteiger partial charge in [0.15, 0.2) is 6.10 Å². The molecule has 4 atom stereocenters. The maximum atomic E-state index is 13.3. The summed E-state index contributed by atoms with van der Waals surface area (Å²) < 4.78 is 12.9. The second kappa shape index (κ2) is 19.3. The number of benzene rings is 2. The van der Waals surface area contributed by atoms with Crippen molar-refractivity contribution >= 4 is 35.2 Å². The van der Waals surface area contributed by atoms with Crippen LogP contribution in [0.1, 0.15) is 68.9 Å². The third-order valence-corrected chi connectivity index (χ3v) is 11.9. The number of para-hydroxylation sites is 1. The summed E-state index contributed by atoms with van der Waals surface area (Å²) in [5.41, 5.74) is 3.56. The van der Waals surface area contributed by atoms with Crippen molar-refractivity contribution in [3.8, 4) is 16.9 Å².